The summed E-state index contributed by atoms with van der Waals surface area (Å²) in [6.07, 6.45) is 5.62. The number of carbonyl (C=O) groups excluding carboxylic acids is 1. The highest BCUT2D eigenvalue weighted by Crippen LogP contribution is 2.08. The van der Waals surface area contributed by atoms with Crippen LogP contribution < -0.4 is 0 Å². The summed E-state index contributed by atoms with van der Waals surface area (Å²) in [4.78, 5) is 11.0. The summed E-state index contributed by atoms with van der Waals surface area (Å²) in [5.41, 5.74) is 0. The molecule has 0 heterocycles. The molecule has 1 nitrogen and oxygen atoms in total. The molecule has 2 heteroatoms. The van der Waals surface area contributed by atoms with Crippen LogP contribution in [0.5, 0.6) is 0 Å². The van der Waals surface area contributed by atoms with Crippen LogP contribution in [0, 0.1) is 0 Å². The average molecular weight is 219 g/mol. The molecule has 11 heavy (non-hydrogen) atoms. The van der Waals surface area contributed by atoms with Gasteiger partial charge in [0, 0.05) is 6.42 Å². The molecule has 0 N–H and O–H groups in total. The van der Waals surface area contributed by atoms with Crippen LogP contribution in [0.4, 0.5) is 0 Å². The summed E-state index contributed by atoms with van der Waals surface area (Å²) < 4.78 is 0. The lowest BCUT2D eigenvalue weighted by molar-refractivity contribution is -0.117. The highest BCUT2D eigenvalue weighted by molar-refractivity contribution is 9.10. The fraction of sp³-hybridized carbons (Fsp3) is 0.667. The van der Waals surface area contributed by atoms with E-state index in [1.165, 1.54) is 0 Å². The van der Waals surface area contributed by atoms with Crippen LogP contribution in [0.3, 0.4) is 0 Å². The van der Waals surface area contributed by atoms with Crippen molar-refractivity contribution in [2.24, 2.45) is 0 Å². The van der Waals surface area contributed by atoms with Crippen LogP contribution in [0.15, 0.2) is 12.7 Å². The number of halogens is 1. The van der Waals surface area contributed by atoms with Crippen molar-refractivity contribution in [3.8, 4) is 0 Å². The largest absolute Gasteiger partial charge is 0.298 e. The van der Waals surface area contributed by atoms with Gasteiger partial charge in [-0.15, -0.1) is 6.58 Å². The molecule has 0 aliphatic rings. The summed E-state index contributed by atoms with van der Waals surface area (Å²) in [7, 11) is 0. The molecule has 1 unspecified atom stereocenters. The van der Waals surface area contributed by atoms with Crippen LogP contribution in [0.1, 0.15) is 32.6 Å². The van der Waals surface area contributed by atoms with E-state index in [4.69, 9.17) is 0 Å². The van der Waals surface area contributed by atoms with Crippen LogP contribution in [-0.4, -0.2) is 10.6 Å². The number of ketones is 1. The first-order chi connectivity index (χ1) is 5.22. The highest BCUT2D eigenvalue weighted by Gasteiger charge is 2.08. The summed E-state index contributed by atoms with van der Waals surface area (Å²) in [6, 6.07) is 0. The van der Waals surface area contributed by atoms with E-state index in [1.54, 1.807) is 6.08 Å². The van der Waals surface area contributed by atoms with E-state index in [0.29, 0.717) is 6.42 Å². The molecule has 0 fully saturated rings. The third-order valence-electron chi connectivity index (χ3n) is 1.54. The first-order valence-corrected chi connectivity index (χ1v) is 4.93. The number of hydrogen-bond donors (Lipinski definition) is 0. The van der Waals surface area contributed by atoms with E-state index in [2.05, 4.69) is 29.4 Å². The molecule has 0 bridgehead atoms. The fourth-order valence-corrected chi connectivity index (χ4v) is 1.05. The molecule has 0 amide bonds. The number of hydrogen-bond acceptors (Lipinski definition) is 1. The van der Waals surface area contributed by atoms with Gasteiger partial charge >= 0.3 is 0 Å². The van der Waals surface area contributed by atoms with Crippen molar-refractivity contribution in [3.05, 3.63) is 12.7 Å². The molecule has 0 radical (unpaired) electrons. The maximum atomic E-state index is 11.1. The van der Waals surface area contributed by atoms with Crippen LogP contribution in [-0.2, 0) is 4.79 Å². The number of carbonyl (C=O) groups is 1. The van der Waals surface area contributed by atoms with Gasteiger partial charge in [-0.1, -0.05) is 41.8 Å². The maximum absolute atomic E-state index is 11.1. The summed E-state index contributed by atoms with van der Waals surface area (Å²) in [6.45, 7) is 5.67. The topological polar surface area (TPSA) is 17.1 Å². The van der Waals surface area contributed by atoms with Crippen molar-refractivity contribution in [2.45, 2.75) is 37.4 Å². The van der Waals surface area contributed by atoms with Crippen LogP contribution in [0.2, 0.25) is 0 Å². The van der Waals surface area contributed by atoms with Gasteiger partial charge in [0.15, 0.2) is 0 Å². The van der Waals surface area contributed by atoms with Gasteiger partial charge in [-0.3, -0.25) is 4.79 Å². The predicted octanol–water partition coefficient (Wildman–Crippen LogP) is 3.09. The Morgan fingerprint density at radius 1 is 1.64 bits per heavy atom. The quantitative estimate of drug-likeness (QED) is 0.381. The Bertz CT molecular complexity index is 132. The summed E-state index contributed by atoms with van der Waals surface area (Å²) in [5, 5.41) is 0. The van der Waals surface area contributed by atoms with Gasteiger partial charge in [0.1, 0.15) is 5.78 Å². The Hall–Kier alpha value is -0.110. The minimum atomic E-state index is -0.139. The van der Waals surface area contributed by atoms with Crippen molar-refractivity contribution in [3.63, 3.8) is 0 Å². The Morgan fingerprint density at radius 2 is 2.27 bits per heavy atom. The fourth-order valence-electron chi connectivity index (χ4n) is 0.819. The third kappa shape index (κ3) is 5.19. The number of alkyl halides is 1. The molecule has 0 spiro atoms. The first kappa shape index (κ1) is 10.9. The lowest BCUT2D eigenvalue weighted by Gasteiger charge is -2.01. The smallest absolute Gasteiger partial charge is 0.150 e. The Kier molecular flexibility index (Phi) is 6.52. The van der Waals surface area contributed by atoms with Gasteiger partial charge in [-0.2, -0.15) is 0 Å². The van der Waals surface area contributed by atoms with E-state index in [0.717, 1.165) is 19.3 Å². The monoisotopic (exact) mass is 218 g/mol. The van der Waals surface area contributed by atoms with Gasteiger partial charge in [0.05, 0.1) is 4.83 Å². The highest BCUT2D eigenvalue weighted by atomic mass is 79.9. The lowest BCUT2D eigenvalue weighted by Crippen LogP contribution is -2.09. The second-order valence-electron chi connectivity index (χ2n) is 2.56. The van der Waals surface area contributed by atoms with E-state index >= 15 is 0 Å². The van der Waals surface area contributed by atoms with Crippen molar-refractivity contribution < 1.29 is 4.79 Å². The van der Waals surface area contributed by atoms with Crippen molar-refractivity contribution in [1.82, 2.24) is 0 Å². The molecule has 0 aromatic heterocycles. The first-order valence-electron chi connectivity index (χ1n) is 4.01. The van der Waals surface area contributed by atoms with Crippen molar-refractivity contribution >= 4 is 21.7 Å². The van der Waals surface area contributed by atoms with Crippen LogP contribution in [0.25, 0.3) is 0 Å². The molecule has 0 aliphatic carbocycles. The lowest BCUT2D eigenvalue weighted by atomic mass is 10.1. The van der Waals surface area contributed by atoms with E-state index in [-0.39, 0.29) is 10.6 Å². The molecule has 0 saturated heterocycles. The normalized spacial score (nSPS) is 12.5. The van der Waals surface area contributed by atoms with Gasteiger partial charge < -0.3 is 0 Å². The van der Waals surface area contributed by atoms with Crippen molar-refractivity contribution in [1.29, 1.82) is 0 Å². The van der Waals surface area contributed by atoms with Gasteiger partial charge in [0.25, 0.3) is 0 Å². The Morgan fingerprint density at radius 3 is 2.73 bits per heavy atom. The molecule has 0 aromatic rings. The molecule has 0 aliphatic heterocycles. The van der Waals surface area contributed by atoms with Gasteiger partial charge in [-0.05, 0) is 6.42 Å². The van der Waals surface area contributed by atoms with Gasteiger partial charge in [-0.25, -0.2) is 0 Å². The Labute approximate surface area is 77.0 Å². The van der Waals surface area contributed by atoms with E-state index in [9.17, 15) is 4.79 Å². The second-order valence-corrected chi connectivity index (χ2v) is 3.55. The summed E-state index contributed by atoms with van der Waals surface area (Å²) >= 11 is 3.23. The van der Waals surface area contributed by atoms with Crippen molar-refractivity contribution in [2.75, 3.05) is 0 Å². The number of rotatable bonds is 6. The zero-order chi connectivity index (χ0) is 8.69. The van der Waals surface area contributed by atoms with Gasteiger partial charge in [0.2, 0.25) is 0 Å². The van der Waals surface area contributed by atoms with E-state index in [1.807, 2.05) is 0 Å². The number of allylic oxidation sites excluding steroid dienone is 1. The third-order valence-corrected chi connectivity index (χ3v) is 2.43. The molecule has 64 valence electrons. The minimum absolute atomic E-state index is 0.139. The number of Topliss-reactive ketones (excluding diaryl/α,β-unsaturated/α-hetero) is 1. The molecule has 0 aromatic carbocycles. The SMILES string of the molecule is C=CC(Br)C(=O)CCCCC. The number of unbranched alkanes of at least 4 members (excludes halogenated alkanes) is 2. The standard InChI is InChI=1S/C9H15BrO/c1-3-5-6-7-9(11)8(10)4-2/h4,8H,2-3,5-7H2,1H3. The summed E-state index contributed by atoms with van der Waals surface area (Å²) in [5.74, 6) is 0.244. The maximum Gasteiger partial charge on any atom is 0.150 e. The van der Waals surface area contributed by atoms with Crippen LogP contribution >= 0.6 is 15.9 Å². The zero-order valence-corrected chi connectivity index (χ0v) is 8.56. The second kappa shape index (κ2) is 6.59. The van der Waals surface area contributed by atoms with E-state index < -0.39 is 0 Å². The average Bonchev–Trinajstić information content (AvgIpc) is 2.03. The molecule has 1 atom stereocenters. The molecule has 0 rings (SSSR count). The molecule has 0 saturated carbocycles. The zero-order valence-electron chi connectivity index (χ0n) is 6.98. The Balaban J connectivity index is 3.44. The molecular formula is C9H15BrO. The molecular weight excluding hydrogens is 204 g/mol. The predicted molar refractivity (Wildman–Crippen MR) is 52.1 cm³/mol. The minimum Gasteiger partial charge on any atom is -0.298 e.